The van der Waals surface area contributed by atoms with Crippen molar-refractivity contribution in [3.05, 3.63) is 36.2 Å². The third-order valence-corrected chi connectivity index (χ3v) is 5.59. The number of H-pyrrole nitrogens is 1. The van der Waals surface area contributed by atoms with Gasteiger partial charge in [-0.15, -0.1) is 0 Å². The highest BCUT2D eigenvalue weighted by Gasteiger charge is 2.41. The molecule has 0 atom stereocenters. The van der Waals surface area contributed by atoms with E-state index in [0.29, 0.717) is 5.41 Å². The first-order valence-electron chi connectivity index (χ1n) is 8.59. The molecule has 2 fully saturated rings. The molecule has 0 bridgehead atoms. The van der Waals surface area contributed by atoms with Gasteiger partial charge in [-0.05, 0) is 56.9 Å². The maximum absolute atomic E-state index is 12.8. The fourth-order valence-corrected chi connectivity index (χ4v) is 3.91. The first-order chi connectivity index (χ1) is 11.7. The predicted octanol–water partition coefficient (Wildman–Crippen LogP) is 2.03. The minimum absolute atomic E-state index is 0.148. The number of piperidine rings is 1. The zero-order chi connectivity index (χ0) is 16.6. The van der Waals surface area contributed by atoms with Gasteiger partial charge in [0.05, 0.1) is 0 Å². The summed E-state index contributed by atoms with van der Waals surface area (Å²) in [5, 5.41) is 6.70. The Morgan fingerprint density at radius 3 is 2.50 bits per heavy atom. The zero-order valence-corrected chi connectivity index (χ0v) is 14.0. The fraction of sp³-hybridized carbons (Fsp3) is 0.500. The number of rotatable bonds is 2. The summed E-state index contributed by atoms with van der Waals surface area (Å²) in [6.45, 7) is 4.08. The second-order valence-corrected chi connectivity index (χ2v) is 7.19. The molecule has 1 spiro atoms. The molecule has 2 aliphatic rings. The van der Waals surface area contributed by atoms with Crippen molar-refractivity contribution in [2.75, 3.05) is 33.2 Å². The van der Waals surface area contributed by atoms with Crippen molar-refractivity contribution in [1.82, 2.24) is 25.0 Å². The first-order valence-corrected chi connectivity index (χ1v) is 8.59. The maximum atomic E-state index is 12.8. The largest absolute Gasteiger partial charge is 0.338 e. The van der Waals surface area contributed by atoms with Crippen LogP contribution in [0.3, 0.4) is 0 Å². The number of hydrogen-bond donors (Lipinski definition) is 1. The van der Waals surface area contributed by atoms with Crippen molar-refractivity contribution >= 4 is 5.91 Å². The van der Waals surface area contributed by atoms with Crippen LogP contribution in [0.25, 0.3) is 11.4 Å². The average molecular weight is 325 g/mol. The van der Waals surface area contributed by atoms with Crippen molar-refractivity contribution in [3.63, 3.8) is 0 Å². The molecule has 1 aromatic heterocycles. The van der Waals surface area contributed by atoms with Crippen molar-refractivity contribution in [1.29, 1.82) is 0 Å². The number of amides is 1. The molecule has 1 N–H and O–H groups in total. The summed E-state index contributed by atoms with van der Waals surface area (Å²) in [4.78, 5) is 21.4. The van der Waals surface area contributed by atoms with Gasteiger partial charge in [-0.25, -0.2) is 4.98 Å². The van der Waals surface area contributed by atoms with E-state index in [9.17, 15) is 4.79 Å². The Kier molecular flexibility index (Phi) is 3.84. The van der Waals surface area contributed by atoms with Crippen molar-refractivity contribution in [2.45, 2.75) is 19.3 Å². The number of carbonyl (C=O) groups is 1. The molecule has 0 unspecified atom stereocenters. The first kappa shape index (κ1) is 15.3. The standard InChI is InChI=1S/C18H23N5O/c1-22-9-6-18(7-10-22)8-11-23(12-18)17(24)15-4-2-14(3-5-15)16-19-13-20-21-16/h2-5,13H,6-12H2,1H3,(H,19,20,21). The molecular formula is C18H23N5O. The molecule has 6 heteroatoms. The molecule has 2 aliphatic heterocycles. The number of benzene rings is 1. The Bertz CT molecular complexity index is 702. The lowest BCUT2D eigenvalue weighted by molar-refractivity contribution is 0.0736. The van der Waals surface area contributed by atoms with Gasteiger partial charge in [-0.1, -0.05) is 12.1 Å². The highest BCUT2D eigenvalue weighted by Crippen LogP contribution is 2.40. The van der Waals surface area contributed by atoms with E-state index < -0.39 is 0 Å². The molecule has 1 amide bonds. The molecule has 0 saturated carbocycles. The molecule has 126 valence electrons. The highest BCUT2D eigenvalue weighted by molar-refractivity contribution is 5.94. The molecule has 0 aliphatic carbocycles. The zero-order valence-electron chi connectivity index (χ0n) is 14.0. The molecule has 0 radical (unpaired) electrons. The van der Waals surface area contributed by atoms with Crippen LogP contribution in [0.1, 0.15) is 29.6 Å². The van der Waals surface area contributed by atoms with Gasteiger partial charge in [-0.3, -0.25) is 9.89 Å². The monoisotopic (exact) mass is 325 g/mol. The predicted molar refractivity (Wildman–Crippen MR) is 91.5 cm³/mol. The van der Waals surface area contributed by atoms with Crippen LogP contribution in [-0.2, 0) is 0 Å². The number of nitrogens with one attached hydrogen (secondary N) is 1. The summed E-state index contributed by atoms with van der Waals surface area (Å²) in [6.07, 6.45) is 5.04. The number of hydrogen-bond acceptors (Lipinski definition) is 4. The molecular weight excluding hydrogens is 302 g/mol. The fourth-order valence-electron chi connectivity index (χ4n) is 3.91. The Balaban J connectivity index is 1.45. The van der Waals surface area contributed by atoms with Gasteiger partial charge in [-0.2, -0.15) is 5.10 Å². The van der Waals surface area contributed by atoms with E-state index in [1.165, 1.54) is 19.2 Å². The second-order valence-electron chi connectivity index (χ2n) is 7.19. The Hall–Kier alpha value is -2.21. The topological polar surface area (TPSA) is 65.1 Å². The van der Waals surface area contributed by atoms with Crippen LogP contribution >= 0.6 is 0 Å². The molecule has 1 aromatic carbocycles. The van der Waals surface area contributed by atoms with Crippen molar-refractivity contribution < 1.29 is 4.79 Å². The molecule has 2 aromatic rings. The van der Waals surface area contributed by atoms with Crippen LogP contribution in [0.15, 0.2) is 30.6 Å². The van der Waals surface area contributed by atoms with Crippen LogP contribution in [-0.4, -0.2) is 64.1 Å². The number of likely N-dealkylation sites (tertiary alicyclic amines) is 2. The van der Waals surface area contributed by atoms with E-state index in [1.54, 1.807) is 0 Å². The summed E-state index contributed by atoms with van der Waals surface area (Å²) < 4.78 is 0. The summed E-state index contributed by atoms with van der Waals surface area (Å²) in [5.41, 5.74) is 2.04. The Labute approximate surface area is 141 Å². The number of aromatic amines is 1. The number of carbonyl (C=O) groups excluding carboxylic acids is 1. The maximum Gasteiger partial charge on any atom is 0.253 e. The van der Waals surface area contributed by atoms with E-state index in [2.05, 4.69) is 27.1 Å². The third kappa shape index (κ3) is 2.82. The van der Waals surface area contributed by atoms with Gasteiger partial charge in [0, 0.05) is 24.2 Å². The van der Waals surface area contributed by atoms with Crippen molar-refractivity contribution in [3.8, 4) is 11.4 Å². The lowest BCUT2D eigenvalue weighted by atomic mass is 9.78. The Morgan fingerprint density at radius 2 is 1.83 bits per heavy atom. The van der Waals surface area contributed by atoms with Gasteiger partial charge < -0.3 is 9.80 Å². The number of aromatic nitrogens is 3. The number of nitrogens with zero attached hydrogens (tertiary/aromatic N) is 4. The van der Waals surface area contributed by atoms with E-state index in [1.807, 2.05) is 29.2 Å². The van der Waals surface area contributed by atoms with Gasteiger partial charge >= 0.3 is 0 Å². The Morgan fingerprint density at radius 1 is 1.12 bits per heavy atom. The van der Waals surface area contributed by atoms with Crippen LogP contribution in [0.2, 0.25) is 0 Å². The SMILES string of the molecule is CN1CCC2(CC1)CCN(C(=O)c1ccc(-c3ncn[nH]3)cc1)C2. The summed E-state index contributed by atoms with van der Waals surface area (Å²) >= 11 is 0. The summed E-state index contributed by atoms with van der Waals surface area (Å²) in [7, 11) is 2.18. The van der Waals surface area contributed by atoms with Crippen LogP contribution in [0.4, 0.5) is 0 Å². The van der Waals surface area contributed by atoms with Crippen LogP contribution in [0.5, 0.6) is 0 Å². The molecule has 24 heavy (non-hydrogen) atoms. The quantitative estimate of drug-likeness (QED) is 0.917. The van der Waals surface area contributed by atoms with Crippen LogP contribution in [0, 0.1) is 5.41 Å². The van der Waals surface area contributed by atoms with E-state index >= 15 is 0 Å². The minimum Gasteiger partial charge on any atom is -0.338 e. The second kappa shape index (κ2) is 6.02. The van der Waals surface area contributed by atoms with Gasteiger partial charge in [0.25, 0.3) is 5.91 Å². The third-order valence-electron chi connectivity index (χ3n) is 5.59. The van der Waals surface area contributed by atoms with Gasteiger partial charge in [0.1, 0.15) is 6.33 Å². The lowest BCUT2D eigenvalue weighted by Gasteiger charge is -2.37. The normalized spacial score (nSPS) is 20.6. The summed E-state index contributed by atoms with van der Waals surface area (Å²) in [5.74, 6) is 0.871. The minimum atomic E-state index is 0.148. The molecule has 6 nitrogen and oxygen atoms in total. The van der Waals surface area contributed by atoms with E-state index in [4.69, 9.17) is 0 Å². The average Bonchev–Trinajstić information content (AvgIpc) is 3.28. The smallest absolute Gasteiger partial charge is 0.253 e. The lowest BCUT2D eigenvalue weighted by Crippen LogP contribution is -2.40. The van der Waals surface area contributed by atoms with Crippen molar-refractivity contribution in [2.24, 2.45) is 5.41 Å². The van der Waals surface area contributed by atoms with Crippen LogP contribution < -0.4 is 0 Å². The van der Waals surface area contributed by atoms with E-state index in [-0.39, 0.29) is 5.91 Å². The highest BCUT2D eigenvalue weighted by atomic mass is 16.2. The molecule has 2 saturated heterocycles. The van der Waals surface area contributed by atoms with Gasteiger partial charge in [0.2, 0.25) is 0 Å². The summed E-state index contributed by atoms with van der Waals surface area (Å²) in [6, 6.07) is 7.63. The van der Waals surface area contributed by atoms with Gasteiger partial charge in [0.15, 0.2) is 5.82 Å². The van der Waals surface area contributed by atoms with E-state index in [0.717, 1.165) is 49.6 Å². The molecule has 4 rings (SSSR count). The molecule has 3 heterocycles.